The molecule has 1 aromatic rings. The van der Waals surface area contributed by atoms with Crippen LogP contribution in [0.15, 0.2) is 22.5 Å². The van der Waals surface area contributed by atoms with Gasteiger partial charge in [-0.2, -0.15) is 0 Å². The van der Waals surface area contributed by atoms with Crippen LogP contribution in [0, 0.1) is 0 Å². The highest BCUT2D eigenvalue weighted by molar-refractivity contribution is 7.11. The van der Waals surface area contributed by atoms with Gasteiger partial charge in [-0.25, -0.2) is 0 Å². The zero-order valence-corrected chi connectivity index (χ0v) is 10.3. The van der Waals surface area contributed by atoms with Gasteiger partial charge in [-0.1, -0.05) is 24.6 Å². The quantitative estimate of drug-likeness (QED) is 0.778. The molecular weight excluding hydrogens is 246 g/mol. The Morgan fingerprint density at radius 1 is 1.38 bits per heavy atom. The lowest BCUT2D eigenvalue weighted by molar-refractivity contribution is -0.136. The van der Waals surface area contributed by atoms with Gasteiger partial charge in [0, 0.05) is 11.4 Å². The fourth-order valence-corrected chi connectivity index (χ4v) is 2.72. The molecule has 0 bridgehead atoms. The molecule has 0 spiro atoms. The summed E-state index contributed by atoms with van der Waals surface area (Å²) in [6.07, 6.45) is 0.735. The van der Waals surface area contributed by atoms with Crippen molar-refractivity contribution in [3.05, 3.63) is 27.4 Å². The molecule has 1 aliphatic heterocycles. The van der Waals surface area contributed by atoms with Crippen molar-refractivity contribution in [2.24, 2.45) is 0 Å². The maximum absolute atomic E-state index is 12.0. The molecule has 0 atom stereocenters. The first-order valence-electron chi connectivity index (χ1n) is 4.96. The molecule has 84 valence electrons. The van der Waals surface area contributed by atoms with Gasteiger partial charge in [0.1, 0.15) is 5.03 Å². The predicted molar refractivity (Wildman–Crippen MR) is 64.1 cm³/mol. The number of nitrogens with zero attached hydrogens (tertiary/aromatic N) is 1. The van der Waals surface area contributed by atoms with Crippen LogP contribution in [0.3, 0.4) is 0 Å². The van der Waals surface area contributed by atoms with Crippen LogP contribution in [0.4, 0.5) is 0 Å². The van der Waals surface area contributed by atoms with Gasteiger partial charge in [0.05, 0.1) is 5.57 Å². The summed E-state index contributed by atoms with van der Waals surface area (Å²) in [5, 5.41) is 1.90. The largest absolute Gasteiger partial charge is 0.274 e. The lowest BCUT2D eigenvalue weighted by Gasteiger charge is -2.12. The number of amides is 2. The number of hydrogen-bond donors (Lipinski definition) is 0. The van der Waals surface area contributed by atoms with Gasteiger partial charge < -0.3 is 0 Å². The molecule has 0 saturated heterocycles. The first-order chi connectivity index (χ1) is 7.66. The van der Waals surface area contributed by atoms with Crippen LogP contribution in [0.1, 0.15) is 18.2 Å². The smallest absolute Gasteiger partial charge is 0.273 e. The second-order valence-electron chi connectivity index (χ2n) is 3.43. The van der Waals surface area contributed by atoms with Crippen LogP contribution in [-0.4, -0.2) is 23.3 Å². The van der Waals surface area contributed by atoms with E-state index in [4.69, 9.17) is 11.6 Å². The minimum absolute atomic E-state index is 0.0425. The van der Waals surface area contributed by atoms with Crippen molar-refractivity contribution in [1.82, 2.24) is 4.90 Å². The number of thiophene rings is 1. The molecule has 2 heterocycles. The lowest BCUT2D eigenvalue weighted by Crippen LogP contribution is -2.31. The maximum Gasteiger partial charge on any atom is 0.273 e. The number of carbonyl (C=O) groups is 2. The minimum Gasteiger partial charge on any atom is -0.274 e. The van der Waals surface area contributed by atoms with E-state index >= 15 is 0 Å². The normalized spacial score (nSPS) is 16.5. The van der Waals surface area contributed by atoms with Crippen LogP contribution in [0.5, 0.6) is 0 Å². The second-order valence-corrected chi connectivity index (χ2v) is 4.75. The molecule has 5 heteroatoms. The van der Waals surface area contributed by atoms with Crippen LogP contribution in [-0.2, 0) is 9.59 Å². The van der Waals surface area contributed by atoms with Gasteiger partial charge in [-0.15, -0.1) is 11.3 Å². The Labute approximate surface area is 102 Å². The Hall–Kier alpha value is -1.13. The van der Waals surface area contributed by atoms with E-state index in [1.807, 2.05) is 18.4 Å². The monoisotopic (exact) mass is 255 g/mol. The molecular formula is C11H10ClNO2S. The summed E-state index contributed by atoms with van der Waals surface area (Å²) in [6, 6.07) is 3.63. The van der Waals surface area contributed by atoms with Crippen LogP contribution in [0.2, 0.25) is 0 Å². The van der Waals surface area contributed by atoms with E-state index in [0.29, 0.717) is 12.1 Å². The third kappa shape index (κ3) is 1.68. The van der Waals surface area contributed by atoms with Gasteiger partial charge >= 0.3 is 0 Å². The number of imide groups is 1. The number of halogens is 1. The third-order valence-electron chi connectivity index (χ3n) is 2.33. The Morgan fingerprint density at radius 2 is 2.12 bits per heavy atom. The minimum atomic E-state index is -0.378. The Bertz CT molecular complexity index is 464. The van der Waals surface area contributed by atoms with Crippen molar-refractivity contribution >= 4 is 40.3 Å². The molecule has 3 nitrogen and oxygen atoms in total. The maximum atomic E-state index is 12.0. The number of carbonyl (C=O) groups excluding carboxylic acids is 2. The molecule has 2 amide bonds. The number of hydrogen-bond acceptors (Lipinski definition) is 3. The summed E-state index contributed by atoms with van der Waals surface area (Å²) in [7, 11) is 0. The summed E-state index contributed by atoms with van der Waals surface area (Å²) >= 11 is 7.33. The van der Waals surface area contributed by atoms with E-state index in [-0.39, 0.29) is 16.8 Å². The Kier molecular flexibility index (Phi) is 3.12. The Morgan fingerprint density at radius 3 is 2.69 bits per heavy atom. The van der Waals surface area contributed by atoms with Gasteiger partial charge in [-0.3, -0.25) is 14.5 Å². The molecule has 0 N–H and O–H groups in total. The SMILES string of the molecule is CCCN1C(=O)C(Cl)=C(c2cccs2)C1=O. The van der Waals surface area contributed by atoms with Crippen LogP contribution in [0.25, 0.3) is 5.57 Å². The molecule has 0 unspecified atom stereocenters. The van der Waals surface area contributed by atoms with E-state index < -0.39 is 0 Å². The summed E-state index contributed by atoms with van der Waals surface area (Å²) < 4.78 is 0. The van der Waals surface area contributed by atoms with Crippen molar-refractivity contribution in [3.8, 4) is 0 Å². The Balaban J connectivity index is 2.39. The second kappa shape index (κ2) is 4.39. The highest BCUT2D eigenvalue weighted by atomic mass is 35.5. The fourth-order valence-electron chi connectivity index (χ4n) is 1.61. The van der Waals surface area contributed by atoms with E-state index in [0.717, 1.165) is 11.3 Å². The molecule has 0 radical (unpaired) electrons. The van der Waals surface area contributed by atoms with Gasteiger partial charge in [0.25, 0.3) is 11.8 Å². The van der Waals surface area contributed by atoms with Crippen molar-refractivity contribution in [2.45, 2.75) is 13.3 Å². The lowest BCUT2D eigenvalue weighted by atomic mass is 10.2. The van der Waals surface area contributed by atoms with Crippen molar-refractivity contribution in [1.29, 1.82) is 0 Å². The van der Waals surface area contributed by atoms with Crippen molar-refractivity contribution < 1.29 is 9.59 Å². The molecule has 0 saturated carbocycles. The molecule has 1 aromatic heterocycles. The van der Waals surface area contributed by atoms with E-state index in [1.165, 1.54) is 16.2 Å². The summed E-state index contributed by atoms with van der Waals surface area (Å²) in [4.78, 5) is 25.7. The topological polar surface area (TPSA) is 37.4 Å². The average molecular weight is 256 g/mol. The number of rotatable bonds is 3. The van der Waals surface area contributed by atoms with Crippen molar-refractivity contribution in [3.63, 3.8) is 0 Å². The highest BCUT2D eigenvalue weighted by Gasteiger charge is 2.37. The predicted octanol–water partition coefficient (Wildman–Crippen LogP) is 2.48. The van der Waals surface area contributed by atoms with Gasteiger partial charge in [0.2, 0.25) is 0 Å². The van der Waals surface area contributed by atoms with Crippen molar-refractivity contribution in [2.75, 3.05) is 6.54 Å². The first-order valence-corrected chi connectivity index (χ1v) is 6.22. The summed E-state index contributed by atoms with van der Waals surface area (Å²) in [5.74, 6) is -0.656. The van der Waals surface area contributed by atoms with Gasteiger partial charge in [-0.05, 0) is 17.9 Å². The zero-order chi connectivity index (χ0) is 11.7. The average Bonchev–Trinajstić information content (AvgIpc) is 2.83. The molecule has 0 aliphatic carbocycles. The standard InChI is InChI=1S/C11H10ClNO2S/c1-2-5-13-10(14)8(9(12)11(13)15)7-4-3-6-16-7/h3-4,6H,2,5H2,1H3. The first kappa shape index (κ1) is 11.4. The molecule has 1 aliphatic rings. The summed E-state index contributed by atoms with van der Waals surface area (Å²) in [6.45, 7) is 2.33. The van der Waals surface area contributed by atoms with Crippen LogP contribution >= 0.6 is 22.9 Å². The van der Waals surface area contributed by atoms with E-state index in [1.54, 1.807) is 6.07 Å². The third-order valence-corrected chi connectivity index (χ3v) is 3.56. The molecule has 2 rings (SSSR count). The molecule has 16 heavy (non-hydrogen) atoms. The van der Waals surface area contributed by atoms with Crippen LogP contribution < -0.4 is 0 Å². The fraction of sp³-hybridized carbons (Fsp3) is 0.273. The molecule has 0 aromatic carbocycles. The van der Waals surface area contributed by atoms with E-state index in [2.05, 4.69) is 0 Å². The molecule has 0 fully saturated rings. The highest BCUT2D eigenvalue weighted by Crippen LogP contribution is 2.33. The summed E-state index contributed by atoms with van der Waals surface area (Å²) in [5.41, 5.74) is 0.343. The zero-order valence-electron chi connectivity index (χ0n) is 8.70. The van der Waals surface area contributed by atoms with E-state index in [9.17, 15) is 9.59 Å². The van der Waals surface area contributed by atoms with Gasteiger partial charge in [0.15, 0.2) is 0 Å².